The summed E-state index contributed by atoms with van der Waals surface area (Å²) >= 11 is 0. The van der Waals surface area contributed by atoms with E-state index in [1.165, 1.54) is 0 Å². The molecule has 2 fully saturated rings. The van der Waals surface area contributed by atoms with Crippen LogP contribution in [0, 0.1) is 5.92 Å². The molecule has 3 rings (SSSR count). The summed E-state index contributed by atoms with van der Waals surface area (Å²) in [4.78, 5) is 1.94. The van der Waals surface area contributed by atoms with Crippen LogP contribution in [-0.4, -0.2) is 36.5 Å². The van der Waals surface area contributed by atoms with E-state index in [1.807, 2.05) is 35.2 Å². The molecule has 2 aliphatic heterocycles. The molecule has 0 bridgehead atoms. The highest BCUT2D eigenvalue weighted by Gasteiger charge is 2.54. The molecule has 1 aromatic rings. The van der Waals surface area contributed by atoms with Crippen LogP contribution in [-0.2, 0) is 6.54 Å². The standard InChI is InChI=1S/C14H18F2N2.ClH/c15-14(16)10-18(9-11-4-2-1-3-5-11)13-8-17-7-6-12(13)14;/h1-5,12-13,17H,6-10H2;1H/t12-,13+;/m1./s1. The van der Waals surface area contributed by atoms with Gasteiger partial charge in [-0.1, -0.05) is 30.3 Å². The fourth-order valence-electron chi connectivity index (χ4n) is 3.21. The van der Waals surface area contributed by atoms with Gasteiger partial charge in [0.15, 0.2) is 0 Å². The minimum absolute atomic E-state index is 0. The number of nitrogens with one attached hydrogen (secondary N) is 1. The van der Waals surface area contributed by atoms with Gasteiger partial charge in [-0.15, -0.1) is 12.4 Å². The largest absolute Gasteiger partial charge is 0.315 e. The second-order valence-electron chi connectivity index (χ2n) is 5.32. The van der Waals surface area contributed by atoms with Gasteiger partial charge in [0.05, 0.1) is 6.54 Å². The molecule has 19 heavy (non-hydrogen) atoms. The predicted octanol–water partition coefficient (Wildman–Crippen LogP) is 2.54. The zero-order valence-corrected chi connectivity index (χ0v) is 11.5. The number of benzene rings is 1. The Balaban J connectivity index is 0.00000133. The van der Waals surface area contributed by atoms with Gasteiger partial charge in [0.2, 0.25) is 0 Å². The third-order valence-corrected chi connectivity index (χ3v) is 4.10. The SMILES string of the molecule is Cl.FC1(F)CN(Cc2ccccc2)[C@H]2CNCC[C@H]21. The zero-order valence-electron chi connectivity index (χ0n) is 10.7. The van der Waals surface area contributed by atoms with Gasteiger partial charge in [-0.05, 0) is 18.5 Å². The molecule has 2 atom stereocenters. The first-order chi connectivity index (χ1) is 8.67. The van der Waals surface area contributed by atoms with Crippen molar-refractivity contribution in [3.05, 3.63) is 35.9 Å². The van der Waals surface area contributed by atoms with Gasteiger partial charge < -0.3 is 5.32 Å². The molecule has 2 heterocycles. The summed E-state index contributed by atoms with van der Waals surface area (Å²) in [6, 6.07) is 9.85. The number of nitrogens with zero attached hydrogens (tertiary/aromatic N) is 1. The predicted molar refractivity (Wildman–Crippen MR) is 73.8 cm³/mol. The Morgan fingerprint density at radius 1 is 1.26 bits per heavy atom. The van der Waals surface area contributed by atoms with Gasteiger partial charge in [-0.3, -0.25) is 4.90 Å². The summed E-state index contributed by atoms with van der Waals surface area (Å²) in [5.41, 5.74) is 1.11. The number of hydrogen-bond acceptors (Lipinski definition) is 2. The van der Waals surface area contributed by atoms with Gasteiger partial charge in [0, 0.05) is 25.0 Å². The molecular formula is C14H19ClF2N2. The minimum Gasteiger partial charge on any atom is -0.315 e. The van der Waals surface area contributed by atoms with E-state index in [0.29, 0.717) is 19.5 Å². The fourth-order valence-corrected chi connectivity index (χ4v) is 3.21. The summed E-state index contributed by atoms with van der Waals surface area (Å²) < 4.78 is 27.9. The van der Waals surface area contributed by atoms with Gasteiger partial charge in [-0.25, -0.2) is 8.78 Å². The van der Waals surface area contributed by atoms with Crippen molar-refractivity contribution in [1.29, 1.82) is 0 Å². The van der Waals surface area contributed by atoms with Crippen LogP contribution in [0.4, 0.5) is 8.78 Å². The Bertz CT molecular complexity index is 413. The number of alkyl halides is 2. The Morgan fingerprint density at radius 3 is 2.74 bits per heavy atom. The molecule has 0 aliphatic carbocycles. The van der Waals surface area contributed by atoms with Crippen LogP contribution in [0.25, 0.3) is 0 Å². The van der Waals surface area contributed by atoms with Crippen molar-refractivity contribution < 1.29 is 8.78 Å². The van der Waals surface area contributed by atoms with Crippen LogP contribution in [0.1, 0.15) is 12.0 Å². The highest BCUT2D eigenvalue weighted by molar-refractivity contribution is 5.85. The van der Waals surface area contributed by atoms with Crippen molar-refractivity contribution in [2.24, 2.45) is 5.92 Å². The maximum absolute atomic E-state index is 14.0. The van der Waals surface area contributed by atoms with Crippen molar-refractivity contribution >= 4 is 12.4 Å². The van der Waals surface area contributed by atoms with Gasteiger partial charge in [-0.2, -0.15) is 0 Å². The molecule has 0 radical (unpaired) electrons. The molecule has 2 nitrogen and oxygen atoms in total. The Labute approximate surface area is 118 Å². The third kappa shape index (κ3) is 2.91. The Morgan fingerprint density at radius 2 is 2.00 bits per heavy atom. The van der Waals surface area contributed by atoms with Gasteiger partial charge >= 0.3 is 0 Å². The first-order valence-corrected chi connectivity index (χ1v) is 6.53. The summed E-state index contributed by atoms with van der Waals surface area (Å²) in [5, 5.41) is 3.23. The smallest absolute Gasteiger partial charge is 0.264 e. The van der Waals surface area contributed by atoms with Gasteiger partial charge in [0.1, 0.15) is 0 Å². The van der Waals surface area contributed by atoms with Crippen LogP contribution in [0.5, 0.6) is 0 Å². The first-order valence-electron chi connectivity index (χ1n) is 6.53. The second-order valence-corrected chi connectivity index (χ2v) is 5.32. The average Bonchev–Trinajstić information content (AvgIpc) is 2.63. The summed E-state index contributed by atoms with van der Waals surface area (Å²) in [6.45, 7) is 1.93. The van der Waals surface area contributed by atoms with E-state index >= 15 is 0 Å². The van der Waals surface area contributed by atoms with E-state index in [9.17, 15) is 8.78 Å². The number of hydrogen-bond donors (Lipinski definition) is 1. The van der Waals surface area contributed by atoms with E-state index in [4.69, 9.17) is 0 Å². The highest BCUT2D eigenvalue weighted by atomic mass is 35.5. The topological polar surface area (TPSA) is 15.3 Å². The van der Waals surface area contributed by atoms with Crippen molar-refractivity contribution in [2.75, 3.05) is 19.6 Å². The van der Waals surface area contributed by atoms with Crippen LogP contribution < -0.4 is 5.32 Å². The van der Waals surface area contributed by atoms with Gasteiger partial charge in [0.25, 0.3) is 5.92 Å². The number of halogens is 3. The molecule has 0 amide bonds. The molecule has 0 saturated carbocycles. The lowest BCUT2D eigenvalue weighted by Gasteiger charge is -2.32. The lowest BCUT2D eigenvalue weighted by molar-refractivity contribution is -0.0358. The van der Waals surface area contributed by atoms with E-state index in [2.05, 4.69) is 5.32 Å². The van der Waals surface area contributed by atoms with Crippen molar-refractivity contribution in [3.63, 3.8) is 0 Å². The number of likely N-dealkylation sites (tertiary alicyclic amines) is 1. The van der Waals surface area contributed by atoms with E-state index in [-0.39, 0.29) is 25.0 Å². The Kier molecular flexibility index (Phi) is 4.43. The van der Waals surface area contributed by atoms with Crippen LogP contribution >= 0.6 is 12.4 Å². The van der Waals surface area contributed by atoms with Crippen LogP contribution in [0.3, 0.4) is 0 Å². The molecule has 106 valence electrons. The molecule has 1 aromatic carbocycles. The van der Waals surface area contributed by atoms with Crippen molar-refractivity contribution in [2.45, 2.75) is 24.9 Å². The molecule has 2 saturated heterocycles. The molecule has 0 spiro atoms. The van der Waals surface area contributed by atoms with Crippen LogP contribution in [0.2, 0.25) is 0 Å². The number of fused-ring (bicyclic) bond motifs is 1. The van der Waals surface area contributed by atoms with Crippen molar-refractivity contribution in [3.8, 4) is 0 Å². The normalized spacial score (nSPS) is 29.6. The number of piperidine rings is 1. The lowest BCUT2D eigenvalue weighted by Crippen LogP contribution is -2.46. The minimum atomic E-state index is -2.53. The fraction of sp³-hybridized carbons (Fsp3) is 0.571. The van der Waals surface area contributed by atoms with E-state index < -0.39 is 11.8 Å². The Hall–Kier alpha value is -0.710. The molecule has 0 unspecified atom stereocenters. The maximum atomic E-state index is 14.0. The zero-order chi connectivity index (χ0) is 12.6. The summed E-state index contributed by atoms with van der Waals surface area (Å²) in [6.07, 6.45) is 0.586. The quantitative estimate of drug-likeness (QED) is 0.900. The second kappa shape index (κ2) is 5.73. The third-order valence-electron chi connectivity index (χ3n) is 4.10. The molecule has 1 N–H and O–H groups in total. The van der Waals surface area contributed by atoms with Crippen LogP contribution in [0.15, 0.2) is 30.3 Å². The molecule has 2 aliphatic rings. The summed E-state index contributed by atoms with van der Waals surface area (Å²) in [7, 11) is 0. The van der Waals surface area contributed by atoms with E-state index in [1.54, 1.807) is 0 Å². The molecular weight excluding hydrogens is 270 g/mol. The molecule has 5 heteroatoms. The maximum Gasteiger partial charge on any atom is 0.264 e. The monoisotopic (exact) mass is 288 g/mol. The average molecular weight is 289 g/mol. The summed E-state index contributed by atoms with van der Waals surface area (Å²) in [5.74, 6) is -3.00. The lowest BCUT2D eigenvalue weighted by atomic mass is 9.91. The van der Waals surface area contributed by atoms with E-state index in [0.717, 1.165) is 12.1 Å². The van der Waals surface area contributed by atoms with Crippen molar-refractivity contribution in [1.82, 2.24) is 10.2 Å². The molecule has 0 aromatic heterocycles. The first kappa shape index (κ1) is 14.7. The highest BCUT2D eigenvalue weighted by Crippen LogP contribution is 2.41. The number of rotatable bonds is 2.